The molecule has 1 saturated heterocycles. The number of carbonyl (C=O) groups excluding carboxylic acids is 1. The van der Waals surface area contributed by atoms with Crippen LogP contribution in [0.5, 0.6) is 0 Å². The molecule has 0 atom stereocenters. The molecule has 3 rings (SSSR count). The van der Waals surface area contributed by atoms with Gasteiger partial charge in [-0.15, -0.1) is 0 Å². The average molecular weight is 339 g/mol. The van der Waals surface area contributed by atoms with Gasteiger partial charge in [-0.25, -0.2) is 14.2 Å². The number of rotatable bonds is 3. The van der Waals surface area contributed by atoms with Crippen LogP contribution in [0.2, 0.25) is 0 Å². The highest BCUT2D eigenvalue weighted by Gasteiger charge is 2.23. The lowest BCUT2D eigenvalue weighted by atomic mass is 10.2. The Morgan fingerprint density at radius 2 is 1.96 bits per heavy atom. The molecule has 0 spiro atoms. The lowest BCUT2D eigenvalue weighted by Gasteiger charge is -2.18. The molecular formula is C15H15F2N3O2S. The van der Waals surface area contributed by atoms with Crippen molar-refractivity contribution in [2.45, 2.75) is 4.90 Å². The van der Waals surface area contributed by atoms with Crippen LogP contribution in [0.1, 0.15) is 10.4 Å². The van der Waals surface area contributed by atoms with Gasteiger partial charge in [-0.3, -0.25) is 9.00 Å². The van der Waals surface area contributed by atoms with Gasteiger partial charge in [0.2, 0.25) is 0 Å². The van der Waals surface area contributed by atoms with Gasteiger partial charge in [-0.1, -0.05) is 6.07 Å². The van der Waals surface area contributed by atoms with Gasteiger partial charge in [0.05, 0.1) is 0 Å². The van der Waals surface area contributed by atoms with Crippen LogP contribution in [0.15, 0.2) is 47.4 Å². The first-order valence-corrected chi connectivity index (χ1v) is 8.83. The SMILES string of the molecule is O=C(Nc1ccc(F)c(F)c1)c1cccc([SH]2(=O)CCNN2)c1. The van der Waals surface area contributed by atoms with Crippen molar-refractivity contribution in [1.29, 1.82) is 0 Å². The molecule has 5 nitrogen and oxygen atoms in total. The van der Waals surface area contributed by atoms with Crippen molar-refractivity contribution in [1.82, 2.24) is 10.3 Å². The molecular weight excluding hydrogens is 324 g/mol. The number of nitrogens with one attached hydrogen (secondary N) is 3. The zero-order chi connectivity index (χ0) is 16.4. The number of hydrazine groups is 1. The maximum atomic E-state index is 13.2. The average Bonchev–Trinajstić information content (AvgIpc) is 2.99. The van der Waals surface area contributed by atoms with Gasteiger partial charge in [-0.05, 0) is 40.5 Å². The third kappa shape index (κ3) is 3.29. The number of benzene rings is 2. The van der Waals surface area contributed by atoms with Crippen LogP contribution >= 0.6 is 0 Å². The Morgan fingerprint density at radius 1 is 1.13 bits per heavy atom. The quantitative estimate of drug-likeness (QED) is 0.642. The lowest BCUT2D eigenvalue weighted by Crippen LogP contribution is -2.32. The molecule has 0 aromatic heterocycles. The molecule has 0 saturated carbocycles. The molecule has 1 heterocycles. The van der Waals surface area contributed by atoms with Crippen molar-refractivity contribution in [3.63, 3.8) is 0 Å². The van der Waals surface area contributed by atoms with E-state index >= 15 is 0 Å². The van der Waals surface area contributed by atoms with Crippen LogP contribution in [0.25, 0.3) is 0 Å². The molecule has 8 heteroatoms. The monoisotopic (exact) mass is 339 g/mol. The Balaban J connectivity index is 1.82. The van der Waals surface area contributed by atoms with Gasteiger partial charge >= 0.3 is 0 Å². The predicted molar refractivity (Wildman–Crippen MR) is 84.6 cm³/mol. The minimum atomic E-state index is -2.74. The summed E-state index contributed by atoms with van der Waals surface area (Å²) in [7, 11) is -2.74. The van der Waals surface area contributed by atoms with E-state index in [0.717, 1.165) is 12.1 Å². The lowest BCUT2D eigenvalue weighted by molar-refractivity contribution is 0.102. The van der Waals surface area contributed by atoms with E-state index in [1.165, 1.54) is 12.1 Å². The Hall–Kier alpha value is -2.16. The smallest absolute Gasteiger partial charge is 0.255 e. The van der Waals surface area contributed by atoms with Crippen LogP contribution in [0.4, 0.5) is 14.5 Å². The standard InChI is InChI=1S/C15H15F2N3O2S/c16-13-5-4-11(9-14(13)17)19-15(21)10-2-1-3-12(8-10)23(22)7-6-18-20-23/h1-5,8-9,18,23H,6-7H2,(H,19,21)(H,20,22). The van der Waals surface area contributed by atoms with E-state index in [9.17, 15) is 17.8 Å². The fourth-order valence-electron chi connectivity index (χ4n) is 2.30. The predicted octanol–water partition coefficient (Wildman–Crippen LogP) is 1.62. The first kappa shape index (κ1) is 15.7. The molecule has 0 radical (unpaired) electrons. The van der Waals surface area contributed by atoms with Crippen LogP contribution < -0.4 is 15.6 Å². The highest BCUT2D eigenvalue weighted by molar-refractivity contribution is 8.01. The number of carbonyl (C=O) groups is 1. The normalized spacial score (nSPS) is 17.7. The highest BCUT2D eigenvalue weighted by atomic mass is 32.3. The van der Waals surface area contributed by atoms with E-state index in [1.807, 2.05) is 0 Å². The van der Waals surface area contributed by atoms with E-state index in [1.54, 1.807) is 18.2 Å². The second-order valence-corrected chi connectivity index (χ2v) is 7.80. The molecule has 0 unspecified atom stereocenters. The van der Waals surface area contributed by atoms with Crippen LogP contribution in [0.3, 0.4) is 0 Å². The maximum absolute atomic E-state index is 13.2. The molecule has 2 aromatic carbocycles. The van der Waals surface area contributed by atoms with E-state index in [-0.39, 0.29) is 11.3 Å². The van der Waals surface area contributed by atoms with E-state index in [2.05, 4.69) is 15.6 Å². The summed E-state index contributed by atoms with van der Waals surface area (Å²) in [6.07, 6.45) is 0. The van der Waals surface area contributed by atoms with E-state index < -0.39 is 27.7 Å². The summed E-state index contributed by atoms with van der Waals surface area (Å²) < 4.78 is 38.7. The van der Waals surface area contributed by atoms with Gasteiger partial charge in [0.1, 0.15) is 0 Å². The van der Waals surface area contributed by atoms with Crippen molar-refractivity contribution in [3.05, 3.63) is 59.7 Å². The summed E-state index contributed by atoms with van der Waals surface area (Å²) in [5, 5.41) is 2.49. The second kappa shape index (κ2) is 6.15. The van der Waals surface area contributed by atoms with Crippen molar-refractivity contribution in [2.75, 3.05) is 17.6 Å². The minimum Gasteiger partial charge on any atom is -0.322 e. The van der Waals surface area contributed by atoms with E-state index in [0.29, 0.717) is 17.2 Å². The van der Waals surface area contributed by atoms with Gasteiger partial charge in [0.25, 0.3) is 5.91 Å². The Bertz CT molecular complexity index is 803. The van der Waals surface area contributed by atoms with E-state index in [4.69, 9.17) is 0 Å². The fraction of sp³-hybridized carbons (Fsp3) is 0.133. The summed E-state index contributed by atoms with van der Waals surface area (Å²) in [5.74, 6) is -2.05. The molecule has 2 aromatic rings. The number of amides is 1. The molecule has 1 aliphatic heterocycles. The first-order chi connectivity index (χ1) is 11.0. The van der Waals surface area contributed by atoms with Crippen LogP contribution in [0, 0.1) is 11.6 Å². The molecule has 122 valence electrons. The number of hydrogen-bond acceptors (Lipinski definition) is 3. The van der Waals surface area contributed by atoms with Gasteiger partial charge in [-0.2, -0.15) is 4.83 Å². The molecule has 1 fully saturated rings. The molecule has 3 N–H and O–H groups in total. The van der Waals surface area contributed by atoms with Crippen molar-refractivity contribution < 1.29 is 17.8 Å². The largest absolute Gasteiger partial charge is 0.322 e. The third-order valence-electron chi connectivity index (χ3n) is 3.51. The van der Waals surface area contributed by atoms with Crippen molar-refractivity contribution in [2.24, 2.45) is 0 Å². The zero-order valence-corrected chi connectivity index (χ0v) is 12.9. The number of hydrogen-bond donors (Lipinski definition) is 4. The first-order valence-electron chi connectivity index (χ1n) is 6.94. The van der Waals surface area contributed by atoms with Gasteiger partial charge in [0, 0.05) is 34.5 Å². The second-order valence-electron chi connectivity index (χ2n) is 5.14. The third-order valence-corrected chi connectivity index (χ3v) is 6.00. The zero-order valence-electron chi connectivity index (χ0n) is 12.0. The maximum Gasteiger partial charge on any atom is 0.255 e. The molecule has 0 bridgehead atoms. The summed E-state index contributed by atoms with van der Waals surface area (Å²) in [6, 6.07) is 9.54. The summed E-state index contributed by atoms with van der Waals surface area (Å²) >= 11 is 0. The Morgan fingerprint density at radius 3 is 2.65 bits per heavy atom. The summed E-state index contributed by atoms with van der Waals surface area (Å²) in [4.78, 5) is 15.5. The molecule has 1 aliphatic rings. The topological polar surface area (TPSA) is 70.2 Å². The highest BCUT2D eigenvalue weighted by Crippen LogP contribution is 2.20. The van der Waals surface area contributed by atoms with Gasteiger partial charge in [0.15, 0.2) is 11.6 Å². The minimum absolute atomic E-state index is 0.145. The Labute approximate surface area is 132 Å². The molecule has 1 amide bonds. The summed E-state index contributed by atoms with van der Waals surface area (Å²) in [6.45, 7) is 0.586. The number of thiol groups is 1. The number of anilines is 1. The van der Waals surface area contributed by atoms with Crippen molar-refractivity contribution in [3.8, 4) is 0 Å². The number of halogens is 2. The van der Waals surface area contributed by atoms with Crippen LogP contribution in [-0.2, 0) is 10.1 Å². The van der Waals surface area contributed by atoms with Crippen LogP contribution in [-0.4, -0.2) is 22.4 Å². The van der Waals surface area contributed by atoms with Crippen molar-refractivity contribution >= 4 is 21.7 Å². The molecule has 0 aliphatic carbocycles. The Kier molecular flexibility index (Phi) is 4.20. The van der Waals surface area contributed by atoms with Gasteiger partial charge < -0.3 is 5.32 Å². The fourth-order valence-corrected chi connectivity index (χ4v) is 4.26. The summed E-state index contributed by atoms with van der Waals surface area (Å²) in [5.41, 5.74) is 3.25. The molecule has 23 heavy (non-hydrogen) atoms.